The van der Waals surface area contributed by atoms with Gasteiger partial charge in [0.05, 0.1) is 6.04 Å². The highest BCUT2D eigenvalue weighted by atomic mass is 32.1. The molecule has 2 aromatic carbocycles. The van der Waals surface area contributed by atoms with E-state index in [0.717, 1.165) is 18.5 Å². The second-order valence-electron chi connectivity index (χ2n) is 7.13. The minimum atomic E-state index is -0.652. The molecule has 2 N–H and O–H groups in total. The van der Waals surface area contributed by atoms with Crippen LogP contribution in [-0.4, -0.2) is 24.9 Å². The lowest BCUT2D eigenvalue weighted by molar-refractivity contribution is -0.136. The Bertz CT molecular complexity index is 999. The fraction of sp³-hybridized carbons (Fsp3) is 0.217. The van der Waals surface area contributed by atoms with Crippen molar-refractivity contribution in [3.63, 3.8) is 0 Å². The van der Waals surface area contributed by atoms with Gasteiger partial charge in [-0.15, -0.1) is 11.3 Å². The van der Waals surface area contributed by atoms with Crippen LogP contribution in [0.4, 0.5) is 11.4 Å². The number of nitrogens with zero attached hydrogens (tertiary/aromatic N) is 1. The van der Waals surface area contributed by atoms with Crippen LogP contribution in [0.3, 0.4) is 0 Å². The summed E-state index contributed by atoms with van der Waals surface area (Å²) in [5.41, 5.74) is 4.22. The van der Waals surface area contributed by atoms with Gasteiger partial charge in [0.2, 0.25) is 0 Å². The average Bonchev–Trinajstić information content (AvgIpc) is 3.40. The first kappa shape index (κ1) is 19.2. The Balaban J connectivity index is 1.44. The van der Waals surface area contributed by atoms with Gasteiger partial charge in [-0.3, -0.25) is 9.59 Å². The van der Waals surface area contributed by atoms with Crippen LogP contribution >= 0.6 is 11.3 Å². The Morgan fingerprint density at radius 2 is 1.83 bits per heavy atom. The lowest BCUT2D eigenvalue weighted by Gasteiger charge is -2.30. The summed E-state index contributed by atoms with van der Waals surface area (Å²) in [5, 5.41) is 7.51. The zero-order valence-corrected chi connectivity index (χ0v) is 17.0. The molecule has 5 nitrogen and oxygen atoms in total. The minimum absolute atomic E-state index is 0.00484. The van der Waals surface area contributed by atoms with E-state index in [4.69, 9.17) is 0 Å². The van der Waals surface area contributed by atoms with E-state index in [-0.39, 0.29) is 6.04 Å². The molecular weight excluding hydrogens is 382 g/mol. The molecule has 2 amide bonds. The van der Waals surface area contributed by atoms with E-state index in [1.807, 2.05) is 36.6 Å². The molecule has 6 heteroatoms. The maximum atomic E-state index is 12.4. The fourth-order valence-electron chi connectivity index (χ4n) is 3.63. The number of amides is 2. The van der Waals surface area contributed by atoms with Crippen LogP contribution in [-0.2, 0) is 16.0 Å². The molecule has 2 heterocycles. The maximum Gasteiger partial charge on any atom is 0.313 e. The van der Waals surface area contributed by atoms with Crippen molar-refractivity contribution in [2.24, 2.45) is 0 Å². The molecule has 4 rings (SSSR count). The highest BCUT2D eigenvalue weighted by molar-refractivity contribution is 7.10. The van der Waals surface area contributed by atoms with Gasteiger partial charge in [-0.2, -0.15) is 0 Å². The third-order valence-corrected chi connectivity index (χ3v) is 6.12. The maximum absolute atomic E-state index is 12.4. The normalized spacial score (nSPS) is 13.6. The molecule has 0 saturated heterocycles. The molecule has 0 fully saturated rings. The number of nitrogens with one attached hydrogen (secondary N) is 2. The molecular formula is C23H23N3O2S. The van der Waals surface area contributed by atoms with Crippen molar-refractivity contribution >= 4 is 34.5 Å². The van der Waals surface area contributed by atoms with E-state index in [1.165, 1.54) is 16.1 Å². The fourth-order valence-corrected chi connectivity index (χ4v) is 4.47. The molecule has 3 aromatic rings. The van der Waals surface area contributed by atoms with Crippen molar-refractivity contribution in [2.45, 2.75) is 19.4 Å². The van der Waals surface area contributed by atoms with Gasteiger partial charge in [-0.1, -0.05) is 42.0 Å². The van der Waals surface area contributed by atoms with E-state index in [2.05, 4.69) is 39.8 Å². The van der Waals surface area contributed by atoms with Gasteiger partial charge in [0.15, 0.2) is 0 Å². The molecule has 1 aromatic heterocycles. The van der Waals surface area contributed by atoms with Gasteiger partial charge in [0.25, 0.3) is 0 Å². The van der Waals surface area contributed by atoms with E-state index in [1.54, 1.807) is 23.5 Å². The molecule has 1 aliphatic heterocycles. The summed E-state index contributed by atoms with van der Waals surface area (Å²) in [6, 6.07) is 19.8. The van der Waals surface area contributed by atoms with Gasteiger partial charge >= 0.3 is 11.8 Å². The third-order valence-electron chi connectivity index (χ3n) is 5.14. The number of carbonyl (C=O) groups excluding carboxylic acids is 2. The topological polar surface area (TPSA) is 61.4 Å². The molecule has 0 aliphatic carbocycles. The summed E-state index contributed by atoms with van der Waals surface area (Å²) in [4.78, 5) is 28.2. The van der Waals surface area contributed by atoms with Crippen molar-refractivity contribution in [3.05, 3.63) is 82.0 Å². The lowest BCUT2D eigenvalue weighted by Crippen LogP contribution is -2.41. The number of thiophene rings is 1. The van der Waals surface area contributed by atoms with Crippen molar-refractivity contribution in [3.8, 4) is 0 Å². The molecule has 0 saturated carbocycles. The highest BCUT2D eigenvalue weighted by Crippen LogP contribution is 2.36. The molecule has 148 valence electrons. The van der Waals surface area contributed by atoms with Crippen LogP contribution in [0.25, 0.3) is 0 Å². The number of para-hydroxylation sites is 1. The summed E-state index contributed by atoms with van der Waals surface area (Å²) in [6.45, 7) is 3.24. The smallest absolute Gasteiger partial charge is 0.313 e. The summed E-state index contributed by atoms with van der Waals surface area (Å²) < 4.78 is 0. The second-order valence-corrected chi connectivity index (χ2v) is 8.11. The Kier molecular flexibility index (Phi) is 5.62. The predicted octanol–water partition coefficient (Wildman–Crippen LogP) is 3.92. The molecule has 0 radical (unpaired) electrons. The minimum Gasteiger partial charge on any atom is -0.361 e. The van der Waals surface area contributed by atoms with Gasteiger partial charge in [-0.25, -0.2) is 0 Å². The lowest BCUT2D eigenvalue weighted by atomic mass is 10.1. The number of aryl methyl sites for hydroxylation is 1. The number of anilines is 2. The van der Waals surface area contributed by atoms with E-state index < -0.39 is 11.8 Å². The molecule has 1 aliphatic rings. The van der Waals surface area contributed by atoms with Crippen LogP contribution in [0.5, 0.6) is 0 Å². The number of carbonyl (C=O) groups is 2. The SMILES string of the molecule is Cc1ccc(NC(=O)C(=O)NC[C@@H](c2cccs2)N2CCc3ccccc32)cc1. The van der Waals surface area contributed by atoms with E-state index >= 15 is 0 Å². The van der Waals surface area contributed by atoms with Crippen molar-refractivity contribution in [1.29, 1.82) is 0 Å². The van der Waals surface area contributed by atoms with Crippen LogP contribution in [0.15, 0.2) is 66.0 Å². The summed E-state index contributed by atoms with van der Waals surface area (Å²) in [5.74, 6) is -1.28. The number of fused-ring (bicyclic) bond motifs is 1. The van der Waals surface area contributed by atoms with Crippen LogP contribution in [0.2, 0.25) is 0 Å². The number of hydrogen-bond acceptors (Lipinski definition) is 4. The van der Waals surface area contributed by atoms with Crippen LogP contribution in [0.1, 0.15) is 22.0 Å². The van der Waals surface area contributed by atoms with E-state index in [9.17, 15) is 9.59 Å². The standard InChI is InChI=1S/C23H23N3O2S/c1-16-8-10-18(11-9-16)25-23(28)22(27)24-15-20(21-7-4-14-29-21)26-13-12-17-5-2-3-6-19(17)26/h2-11,14,20H,12-13,15H2,1H3,(H,24,27)(H,25,28)/t20-/m0/s1. The number of benzene rings is 2. The predicted molar refractivity (Wildman–Crippen MR) is 117 cm³/mol. The second kappa shape index (κ2) is 8.49. The largest absolute Gasteiger partial charge is 0.361 e. The first-order valence-electron chi connectivity index (χ1n) is 9.65. The Hall–Kier alpha value is -3.12. The average molecular weight is 406 g/mol. The van der Waals surface area contributed by atoms with Gasteiger partial charge in [0.1, 0.15) is 0 Å². The first-order chi connectivity index (χ1) is 14.1. The molecule has 29 heavy (non-hydrogen) atoms. The quantitative estimate of drug-likeness (QED) is 0.633. The third kappa shape index (κ3) is 4.32. The van der Waals surface area contributed by atoms with E-state index in [0.29, 0.717) is 12.2 Å². The molecule has 1 atom stereocenters. The Labute approximate surface area is 174 Å². The van der Waals surface area contributed by atoms with Crippen molar-refractivity contribution < 1.29 is 9.59 Å². The Morgan fingerprint density at radius 1 is 1.03 bits per heavy atom. The van der Waals surface area contributed by atoms with Crippen LogP contribution < -0.4 is 15.5 Å². The molecule has 0 bridgehead atoms. The molecule has 0 unspecified atom stereocenters. The summed E-state index contributed by atoms with van der Waals surface area (Å²) in [6.07, 6.45) is 0.986. The van der Waals surface area contributed by atoms with Gasteiger partial charge in [0, 0.05) is 29.3 Å². The summed E-state index contributed by atoms with van der Waals surface area (Å²) >= 11 is 1.66. The highest BCUT2D eigenvalue weighted by Gasteiger charge is 2.28. The monoisotopic (exact) mass is 405 g/mol. The Morgan fingerprint density at radius 3 is 2.59 bits per heavy atom. The number of rotatable bonds is 5. The first-order valence-corrected chi connectivity index (χ1v) is 10.5. The van der Waals surface area contributed by atoms with Gasteiger partial charge < -0.3 is 15.5 Å². The number of hydrogen-bond donors (Lipinski definition) is 2. The zero-order chi connectivity index (χ0) is 20.2. The molecule has 0 spiro atoms. The van der Waals surface area contributed by atoms with Gasteiger partial charge in [-0.05, 0) is 48.6 Å². The zero-order valence-electron chi connectivity index (χ0n) is 16.2. The summed E-state index contributed by atoms with van der Waals surface area (Å²) in [7, 11) is 0. The van der Waals surface area contributed by atoms with Crippen molar-refractivity contribution in [1.82, 2.24) is 5.32 Å². The van der Waals surface area contributed by atoms with Crippen LogP contribution in [0, 0.1) is 6.92 Å². The van der Waals surface area contributed by atoms with Crippen molar-refractivity contribution in [2.75, 3.05) is 23.3 Å².